The number of aliphatic hydroxyl groups is 1. The van der Waals surface area contributed by atoms with Crippen molar-refractivity contribution in [1.82, 2.24) is 5.32 Å². The van der Waals surface area contributed by atoms with Crippen LogP contribution in [0.5, 0.6) is 0 Å². The molecule has 1 unspecified atom stereocenters. The summed E-state index contributed by atoms with van der Waals surface area (Å²) in [6.45, 7) is 5.91. The molecule has 0 aliphatic rings. The van der Waals surface area contributed by atoms with Crippen LogP contribution < -0.4 is 5.32 Å². The summed E-state index contributed by atoms with van der Waals surface area (Å²) >= 11 is 0. The number of rotatable bonds is 7. The molecule has 17 heavy (non-hydrogen) atoms. The van der Waals surface area contributed by atoms with E-state index in [2.05, 4.69) is 19.2 Å². The highest BCUT2D eigenvalue weighted by Gasteiger charge is 2.11. The summed E-state index contributed by atoms with van der Waals surface area (Å²) in [5.41, 5.74) is 0.741. The highest BCUT2D eigenvalue weighted by atomic mass is 19.1. The van der Waals surface area contributed by atoms with Crippen molar-refractivity contribution in [2.45, 2.75) is 20.3 Å². The van der Waals surface area contributed by atoms with Crippen molar-refractivity contribution in [1.29, 1.82) is 0 Å². The lowest BCUT2D eigenvalue weighted by atomic mass is 9.97. The normalized spacial score (nSPS) is 13.0. The zero-order valence-electron chi connectivity index (χ0n) is 10.6. The first kappa shape index (κ1) is 14.1. The van der Waals surface area contributed by atoms with E-state index < -0.39 is 0 Å². The molecule has 1 aromatic rings. The Hall–Kier alpha value is -0.930. The molecule has 1 aromatic carbocycles. The number of benzene rings is 1. The summed E-state index contributed by atoms with van der Waals surface area (Å²) in [7, 11) is 0. The zero-order valence-corrected chi connectivity index (χ0v) is 10.6. The second kappa shape index (κ2) is 7.41. The van der Waals surface area contributed by atoms with Crippen molar-refractivity contribution in [2.24, 2.45) is 11.8 Å². The largest absolute Gasteiger partial charge is 0.396 e. The highest BCUT2D eigenvalue weighted by Crippen LogP contribution is 2.09. The van der Waals surface area contributed by atoms with Gasteiger partial charge in [0.25, 0.3) is 0 Å². The maximum absolute atomic E-state index is 13.3. The van der Waals surface area contributed by atoms with E-state index in [4.69, 9.17) is 5.11 Å². The van der Waals surface area contributed by atoms with E-state index in [-0.39, 0.29) is 18.3 Å². The minimum atomic E-state index is -0.142. The molecule has 0 heterocycles. The van der Waals surface area contributed by atoms with Gasteiger partial charge in [-0.2, -0.15) is 0 Å². The Kier molecular flexibility index (Phi) is 6.16. The van der Waals surface area contributed by atoms with Crippen LogP contribution >= 0.6 is 0 Å². The summed E-state index contributed by atoms with van der Waals surface area (Å²) in [6.07, 6.45) is 0.683. The van der Waals surface area contributed by atoms with Gasteiger partial charge in [-0.05, 0) is 36.4 Å². The molecule has 0 aliphatic carbocycles. The van der Waals surface area contributed by atoms with E-state index in [1.807, 2.05) is 12.1 Å². The van der Waals surface area contributed by atoms with E-state index >= 15 is 0 Å². The highest BCUT2D eigenvalue weighted by molar-refractivity contribution is 5.17. The van der Waals surface area contributed by atoms with E-state index in [1.165, 1.54) is 6.07 Å². The van der Waals surface area contributed by atoms with Crippen LogP contribution in [0.15, 0.2) is 24.3 Å². The molecule has 0 saturated heterocycles. The minimum Gasteiger partial charge on any atom is -0.396 e. The van der Waals surface area contributed by atoms with Crippen molar-refractivity contribution in [3.05, 3.63) is 35.6 Å². The van der Waals surface area contributed by atoms with E-state index in [0.717, 1.165) is 18.7 Å². The fourth-order valence-electron chi connectivity index (χ4n) is 1.72. The second-order valence-electron chi connectivity index (χ2n) is 4.73. The molecule has 96 valence electrons. The molecular formula is C14H22FNO. The number of aliphatic hydroxyl groups excluding tert-OH is 1. The Morgan fingerprint density at radius 3 is 2.59 bits per heavy atom. The van der Waals surface area contributed by atoms with Crippen LogP contribution in [0.4, 0.5) is 4.39 Å². The maximum Gasteiger partial charge on any atom is 0.126 e. The fourth-order valence-corrected chi connectivity index (χ4v) is 1.72. The van der Waals surface area contributed by atoms with Crippen LogP contribution in [0.25, 0.3) is 0 Å². The fraction of sp³-hybridized carbons (Fsp3) is 0.571. The van der Waals surface area contributed by atoms with Crippen molar-refractivity contribution in [3.8, 4) is 0 Å². The smallest absolute Gasteiger partial charge is 0.126 e. The summed E-state index contributed by atoms with van der Waals surface area (Å²) in [6, 6.07) is 6.85. The molecule has 0 amide bonds. The van der Waals surface area contributed by atoms with Gasteiger partial charge in [0.2, 0.25) is 0 Å². The third kappa shape index (κ3) is 4.84. The molecule has 0 fully saturated rings. The lowest BCUT2D eigenvalue weighted by Gasteiger charge is -2.18. The van der Waals surface area contributed by atoms with Gasteiger partial charge in [0.15, 0.2) is 0 Å². The maximum atomic E-state index is 13.3. The van der Waals surface area contributed by atoms with Crippen LogP contribution in [-0.4, -0.2) is 24.8 Å². The molecule has 2 N–H and O–H groups in total. The van der Waals surface area contributed by atoms with Crippen LogP contribution in [-0.2, 0) is 6.42 Å². The average molecular weight is 239 g/mol. The first-order valence-electron chi connectivity index (χ1n) is 6.20. The minimum absolute atomic E-state index is 0.142. The van der Waals surface area contributed by atoms with Gasteiger partial charge in [0.1, 0.15) is 5.82 Å². The van der Waals surface area contributed by atoms with Crippen molar-refractivity contribution >= 4 is 0 Å². The number of halogens is 1. The molecule has 0 spiro atoms. The third-order valence-electron chi connectivity index (χ3n) is 3.11. The van der Waals surface area contributed by atoms with Crippen LogP contribution in [0, 0.1) is 17.7 Å². The Morgan fingerprint density at radius 2 is 2.00 bits per heavy atom. The van der Waals surface area contributed by atoms with E-state index in [0.29, 0.717) is 12.3 Å². The molecule has 0 radical (unpaired) electrons. The van der Waals surface area contributed by atoms with Gasteiger partial charge in [-0.1, -0.05) is 32.0 Å². The van der Waals surface area contributed by atoms with Gasteiger partial charge in [-0.15, -0.1) is 0 Å². The van der Waals surface area contributed by atoms with Gasteiger partial charge in [0.05, 0.1) is 0 Å². The van der Waals surface area contributed by atoms with Crippen molar-refractivity contribution in [2.75, 3.05) is 19.7 Å². The van der Waals surface area contributed by atoms with Gasteiger partial charge in [-0.25, -0.2) is 4.39 Å². The lowest BCUT2D eigenvalue weighted by Crippen LogP contribution is -2.30. The molecule has 0 aliphatic heterocycles. The van der Waals surface area contributed by atoms with Crippen molar-refractivity contribution in [3.63, 3.8) is 0 Å². The number of hydrogen-bond acceptors (Lipinski definition) is 2. The van der Waals surface area contributed by atoms with Gasteiger partial charge >= 0.3 is 0 Å². The van der Waals surface area contributed by atoms with Gasteiger partial charge in [0, 0.05) is 13.2 Å². The Morgan fingerprint density at radius 1 is 1.29 bits per heavy atom. The summed E-state index contributed by atoms with van der Waals surface area (Å²) in [4.78, 5) is 0. The number of nitrogens with one attached hydrogen (secondary N) is 1. The molecule has 0 saturated carbocycles. The first-order valence-corrected chi connectivity index (χ1v) is 6.20. The Labute approximate surface area is 103 Å². The molecule has 2 nitrogen and oxygen atoms in total. The zero-order chi connectivity index (χ0) is 12.7. The second-order valence-corrected chi connectivity index (χ2v) is 4.73. The Bertz CT molecular complexity index is 328. The van der Waals surface area contributed by atoms with E-state index in [1.54, 1.807) is 6.07 Å². The quantitative estimate of drug-likeness (QED) is 0.715. The van der Waals surface area contributed by atoms with E-state index in [9.17, 15) is 4.39 Å². The summed E-state index contributed by atoms with van der Waals surface area (Å²) in [5.74, 6) is 0.591. The number of hydrogen-bond donors (Lipinski definition) is 2. The molecule has 0 bridgehead atoms. The predicted octanol–water partition coefficient (Wildman–Crippen LogP) is 2.22. The Balaban J connectivity index is 2.27. The van der Waals surface area contributed by atoms with Gasteiger partial charge < -0.3 is 10.4 Å². The SMILES string of the molecule is CC(C)C(CO)CNCCc1ccccc1F. The standard InChI is InChI=1S/C14H22FNO/c1-11(2)13(10-17)9-16-8-7-12-5-3-4-6-14(12)15/h3-6,11,13,16-17H,7-10H2,1-2H3. The molecule has 1 rings (SSSR count). The van der Waals surface area contributed by atoms with Crippen LogP contribution in [0.2, 0.25) is 0 Å². The molecule has 3 heteroatoms. The summed E-state index contributed by atoms with van der Waals surface area (Å²) in [5, 5.41) is 12.4. The molecule has 1 atom stereocenters. The lowest BCUT2D eigenvalue weighted by molar-refractivity contribution is 0.186. The average Bonchev–Trinajstić information content (AvgIpc) is 2.31. The predicted molar refractivity (Wildman–Crippen MR) is 68.4 cm³/mol. The van der Waals surface area contributed by atoms with Gasteiger partial charge in [-0.3, -0.25) is 0 Å². The topological polar surface area (TPSA) is 32.3 Å². The molecular weight excluding hydrogens is 217 g/mol. The first-order chi connectivity index (χ1) is 8.15. The molecule has 0 aromatic heterocycles. The summed E-state index contributed by atoms with van der Waals surface area (Å²) < 4.78 is 13.3. The monoisotopic (exact) mass is 239 g/mol. The van der Waals surface area contributed by atoms with Crippen LogP contribution in [0.1, 0.15) is 19.4 Å². The van der Waals surface area contributed by atoms with Crippen molar-refractivity contribution < 1.29 is 9.50 Å². The van der Waals surface area contributed by atoms with Crippen LogP contribution in [0.3, 0.4) is 0 Å². The third-order valence-corrected chi connectivity index (χ3v) is 3.11.